The van der Waals surface area contributed by atoms with Crippen molar-refractivity contribution < 1.29 is 14.3 Å². The predicted octanol–water partition coefficient (Wildman–Crippen LogP) is 3.18. The zero-order valence-electron chi connectivity index (χ0n) is 11.5. The van der Waals surface area contributed by atoms with Crippen molar-refractivity contribution >= 4 is 5.91 Å². The lowest BCUT2D eigenvalue weighted by Crippen LogP contribution is -2.45. The van der Waals surface area contributed by atoms with Gasteiger partial charge in [-0.2, -0.15) is 0 Å². The number of piperidine rings is 1. The normalized spacial score (nSPS) is 26.1. The Morgan fingerprint density at radius 2 is 1.95 bits per heavy atom. The Labute approximate surface area is 118 Å². The first-order valence-electron chi connectivity index (χ1n) is 7.43. The van der Waals surface area contributed by atoms with Crippen LogP contribution in [0.25, 0.3) is 0 Å². The first kappa shape index (κ1) is 13.4. The summed E-state index contributed by atoms with van der Waals surface area (Å²) in [5, 5.41) is 9.74. The third-order valence-electron chi connectivity index (χ3n) is 4.78. The molecule has 2 fully saturated rings. The highest BCUT2D eigenvalue weighted by atomic mass is 19.1. The number of benzene rings is 1. The van der Waals surface area contributed by atoms with Gasteiger partial charge in [-0.25, -0.2) is 4.39 Å². The molecule has 1 aromatic carbocycles. The second-order valence-electron chi connectivity index (χ2n) is 5.98. The average molecular weight is 277 g/mol. The average Bonchev–Trinajstić information content (AvgIpc) is 2.46. The second-order valence-corrected chi connectivity index (χ2v) is 5.98. The van der Waals surface area contributed by atoms with Crippen LogP contribution in [0.4, 0.5) is 4.39 Å². The van der Waals surface area contributed by atoms with Gasteiger partial charge in [0.25, 0.3) is 5.91 Å². The van der Waals surface area contributed by atoms with Crippen LogP contribution in [-0.2, 0) is 0 Å². The minimum absolute atomic E-state index is 0.179. The van der Waals surface area contributed by atoms with Crippen LogP contribution in [0.5, 0.6) is 5.75 Å². The molecule has 1 saturated heterocycles. The van der Waals surface area contributed by atoms with Gasteiger partial charge in [0, 0.05) is 13.1 Å². The van der Waals surface area contributed by atoms with Gasteiger partial charge in [0.1, 0.15) is 17.1 Å². The topological polar surface area (TPSA) is 40.5 Å². The Balaban J connectivity index is 1.78. The zero-order chi connectivity index (χ0) is 14.1. The number of phenols is 1. The molecule has 4 heteroatoms. The molecule has 0 bridgehead atoms. The number of hydrogen-bond acceptors (Lipinski definition) is 2. The van der Waals surface area contributed by atoms with Gasteiger partial charge in [-0.1, -0.05) is 25.3 Å². The monoisotopic (exact) mass is 277 g/mol. The summed E-state index contributed by atoms with van der Waals surface area (Å²) in [6, 6.07) is 4.00. The van der Waals surface area contributed by atoms with E-state index in [4.69, 9.17) is 0 Å². The third kappa shape index (κ3) is 2.39. The molecule has 3 rings (SSSR count). The summed E-state index contributed by atoms with van der Waals surface area (Å²) in [4.78, 5) is 14.2. The smallest absolute Gasteiger partial charge is 0.260 e. The van der Waals surface area contributed by atoms with Crippen LogP contribution in [0.3, 0.4) is 0 Å². The number of likely N-dealkylation sites (tertiary alicyclic amines) is 1. The standard InChI is InChI=1S/C16H20FNO2/c17-13-6-3-7-14(19)15(13)16(20)18-9-8-11-4-1-2-5-12(11)10-18/h3,6-7,11-12,19H,1-2,4-5,8-10H2. The van der Waals surface area contributed by atoms with Gasteiger partial charge < -0.3 is 10.0 Å². The van der Waals surface area contributed by atoms with E-state index in [-0.39, 0.29) is 17.2 Å². The van der Waals surface area contributed by atoms with Crippen LogP contribution in [0.1, 0.15) is 42.5 Å². The van der Waals surface area contributed by atoms with Crippen LogP contribution in [0, 0.1) is 17.7 Å². The number of carbonyl (C=O) groups excluding carboxylic acids is 1. The highest BCUT2D eigenvalue weighted by Crippen LogP contribution is 2.37. The fraction of sp³-hybridized carbons (Fsp3) is 0.562. The predicted molar refractivity (Wildman–Crippen MR) is 74.0 cm³/mol. The van der Waals surface area contributed by atoms with Gasteiger partial charge >= 0.3 is 0 Å². The van der Waals surface area contributed by atoms with Gasteiger partial charge in [-0.3, -0.25) is 4.79 Å². The van der Waals surface area contributed by atoms with Gasteiger partial charge in [-0.05, 0) is 36.8 Å². The molecule has 20 heavy (non-hydrogen) atoms. The first-order valence-corrected chi connectivity index (χ1v) is 7.43. The molecule has 0 aromatic heterocycles. The molecular weight excluding hydrogens is 257 g/mol. The largest absolute Gasteiger partial charge is 0.507 e. The van der Waals surface area contributed by atoms with Crippen LogP contribution in [-0.4, -0.2) is 29.0 Å². The summed E-state index contributed by atoms with van der Waals surface area (Å²) in [6.07, 6.45) is 5.96. The van der Waals surface area contributed by atoms with Crippen LogP contribution in [0.15, 0.2) is 18.2 Å². The van der Waals surface area contributed by atoms with Crippen molar-refractivity contribution in [3.05, 3.63) is 29.6 Å². The van der Waals surface area contributed by atoms with Gasteiger partial charge in [-0.15, -0.1) is 0 Å². The summed E-state index contributed by atoms with van der Waals surface area (Å²) in [7, 11) is 0. The number of hydrogen-bond donors (Lipinski definition) is 1. The Bertz CT molecular complexity index is 497. The molecule has 1 amide bonds. The molecule has 1 N–H and O–H groups in total. The lowest BCUT2D eigenvalue weighted by Gasteiger charge is -2.41. The van der Waals surface area contributed by atoms with Crippen LogP contribution >= 0.6 is 0 Å². The maximum atomic E-state index is 13.8. The van der Waals surface area contributed by atoms with Crippen LogP contribution in [0.2, 0.25) is 0 Å². The van der Waals surface area contributed by atoms with E-state index in [1.54, 1.807) is 4.90 Å². The Morgan fingerprint density at radius 1 is 1.20 bits per heavy atom. The number of rotatable bonds is 1. The summed E-state index contributed by atoms with van der Waals surface area (Å²) in [6.45, 7) is 1.38. The maximum absolute atomic E-state index is 13.8. The van der Waals surface area contributed by atoms with Crippen molar-refractivity contribution in [2.24, 2.45) is 11.8 Å². The van der Waals surface area contributed by atoms with Crippen molar-refractivity contribution in [2.75, 3.05) is 13.1 Å². The van der Waals surface area contributed by atoms with E-state index in [0.29, 0.717) is 19.0 Å². The summed E-state index contributed by atoms with van der Waals surface area (Å²) in [5.74, 6) is 0.00328. The molecule has 2 aliphatic rings. The fourth-order valence-corrected chi connectivity index (χ4v) is 3.67. The van der Waals surface area contributed by atoms with Crippen molar-refractivity contribution in [1.82, 2.24) is 4.90 Å². The van der Waals surface area contributed by atoms with E-state index in [1.807, 2.05) is 0 Å². The van der Waals surface area contributed by atoms with Gasteiger partial charge in [0.15, 0.2) is 0 Å². The van der Waals surface area contributed by atoms with E-state index in [1.165, 1.54) is 37.5 Å². The van der Waals surface area contributed by atoms with E-state index < -0.39 is 5.82 Å². The Kier molecular flexibility index (Phi) is 3.64. The number of halogens is 1. The van der Waals surface area contributed by atoms with Gasteiger partial charge in [0.05, 0.1) is 0 Å². The minimum atomic E-state index is -0.638. The maximum Gasteiger partial charge on any atom is 0.260 e. The molecule has 1 saturated carbocycles. The fourth-order valence-electron chi connectivity index (χ4n) is 3.67. The number of amides is 1. The molecule has 2 unspecified atom stereocenters. The van der Waals surface area contributed by atoms with E-state index in [9.17, 15) is 14.3 Å². The molecule has 1 aliphatic carbocycles. The molecule has 2 atom stereocenters. The molecule has 0 radical (unpaired) electrons. The Hall–Kier alpha value is -1.58. The number of fused-ring (bicyclic) bond motifs is 1. The third-order valence-corrected chi connectivity index (χ3v) is 4.78. The van der Waals surface area contributed by atoms with Gasteiger partial charge in [0.2, 0.25) is 0 Å². The Morgan fingerprint density at radius 3 is 2.70 bits per heavy atom. The van der Waals surface area contributed by atoms with E-state index >= 15 is 0 Å². The highest BCUT2D eigenvalue weighted by Gasteiger charge is 2.34. The molecular formula is C16H20FNO2. The number of nitrogens with zero attached hydrogens (tertiary/aromatic N) is 1. The quantitative estimate of drug-likeness (QED) is 0.856. The van der Waals surface area contributed by atoms with Crippen molar-refractivity contribution in [1.29, 1.82) is 0 Å². The van der Waals surface area contributed by atoms with Crippen LogP contribution < -0.4 is 0 Å². The molecule has 108 valence electrons. The lowest BCUT2D eigenvalue weighted by atomic mass is 9.75. The summed E-state index contributed by atoms with van der Waals surface area (Å²) in [5.41, 5.74) is -0.179. The first-order chi connectivity index (χ1) is 9.66. The molecule has 1 heterocycles. The number of carbonyl (C=O) groups is 1. The minimum Gasteiger partial charge on any atom is -0.507 e. The number of phenolic OH excluding ortho intramolecular Hbond substituents is 1. The van der Waals surface area contributed by atoms with Crippen molar-refractivity contribution in [2.45, 2.75) is 32.1 Å². The van der Waals surface area contributed by atoms with Crippen molar-refractivity contribution in [3.8, 4) is 5.75 Å². The van der Waals surface area contributed by atoms with Crippen molar-refractivity contribution in [3.63, 3.8) is 0 Å². The molecule has 1 aliphatic heterocycles. The van der Waals surface area contributed by atoms with E-state index in [2.05, 4.69) is 0 Å². The molecule has 1 aromatic rings. The van der Waals surface area contributed by atoms with E-state index in [0.717, 1.165) is 18.8 Å². The summed E-state index contributed by atoms with van der Waals surface area (Å²) >= 11 is 0. The summed E-state index contributed by atoms with van der Waals surface area (Å²) < 4.78 is 13.8. The lowest BCUT2D eigenvalue weighted by molar-refractivity contribution is 0.0514. The second kappa shape index (κ2) is 5.43. The highest BCUT2D eigenvalue weighted by molar-refractivity contribution is 5.97. The zero-order valence-corrected chi connectivity index (χ0v) is 11.5. The number of aromatic hydroxyl groups is 1. The SMILES string of the molecule is O=C(c1c(O)cccc1F)N1CCC2CCCCC2C1. The molecule has 0 spiro atoms. The molecule has 3 nitrogen and oxygen atoms in total.